The maximum Gasteiger partial charge on any atom is 0.335 e. The molecule has 2 rings (SSSR count). The van der Waals surface area contributed by atoms with Gasteiger partial charge in [0.25, 0.3) is 0 Å². The number of nitrogens with zero attached hydrogens (tertiary/aromatic N) is 2. The summed E-state index contributed by atoms with van der Waals surface area (Å²) in [5.74, 6) is -0.527. The van der Waals surface area contributed by atoms with E-state index in [4.69, 9.17) is 10.8 Å². The third kappa shape index (κ3) is 3.11. The lowest BCUT2D eigenvalue weighted by molar-refractivity contribution is -0.118. The molecule has 0 aliphatic rings. The zero-order valence-corrected chi connectivity index (χ0v) is 11.8. The van der Waals surface area contributed by atoms with Crippen LogP contribution in [0.4, 0.5) is 0 Å². The number of hydrogen-bond acceptors (Lipinski definition) is 4. The number of nitrogens with two attached hydrogens (primary N) is 1. The van der Waals surface area contributed by atoms with E-state index in [1.54, 1.807) is 18.2 Å². The minimum Gasteiger partial charge on any atom is -0.478 e. The van der Waals surface area contributed by atoms with Gasteiger partial charge in [-0.05, 0) is 24.6 Å². The quantitative estimate of drug-likeness (QED) is 0.623. The van der Waals surface area contributed by atoms with Crippen molar-refractivity contribution in [3.8, 4) is 0 Å². The van der Waals surface area contributed by atoms with Crippen LogP contribution in [0.5, 0.6) is 0 Å². The molecule has 6 nitrogen and oxygen atoms in total. The third-order valence-electron chi connectivity index (χ3n) is 2.89. The Morgan fingerprint density at radius 2 is 2.20 bits per heavy atom. The van der Waals surface area contributed by atoms with Crippen LogP contribution in [0.15, 0.2) is 23.4 Å². The van der Waals surface area contributed by atoms with Crippen LogP contribution in [0.1, 0.15) is 23.2 Å². The SMILES string of the molecule is Cn1c(SCCCC(N)=O)nc2cc(C(=O)O)ccc21. The lowest BCUT2D eigenvalue weighted by Gasteiger charge is -2.01. The number of benzene rings is 1. The van der Waals surface area contributed by atoms with Crippen molar-refractivity contribution in [3.05, 3.63) is 23.8 Å². The van der Waals surface area contributed by atoms with Gasteiger partial charge >= 0.3 is 5.97 Å². The number of primary amides is 1. The van der Waals surface area contributed by atoms with E-state index in [0.717, 1.165) is 16.4 Å². The van der Waals surface area contributed by atoms with E-state index >= 15 is 0 Å². The van der Waals surface area contributed by atoms with Gasteiger partial charge in [0.2, 0.25) is 5.91 Å². The highest BCUT2D eigenvalue weighted by atomic mass is 32.2. The molecule has 1 aromatic heterocycles. The first kappa shape index (κ1) is 14.4. The second-order valence-electron chi connectivity index (χ2n) is 4.38. The van der Waals surface area contributed by atoms with Gasteiger partial charge < -0.3 is 15.4 Å². The molecule has 0 aliphatic carbocycles. The normalized spacial score (nSPS) is 10.8. The number of amides is 1. The summed E-state index contributed by atoms with van der Waals surface area (Å²) in [7, 11) is 1.88. The first-order valence-electron chi connectivity index (χ1n) is 6.10. The number of thioether (sulfide) groups is 1. The number of imidazole rings is 1. The van der Waals surface area contributed by atoms with E-state index in [-0.39, 0.29) is 11.5 Å². The lowest BCUT2D eigenvalue weighted by Crippen LogP contribution is -2.10. The second kappa shape index (κ2) is 5.96. The number of carbonyl (C=O) groups is 2. The molecule has 0 aliphatic heterocycles. The summed E-state index contributed by atoms with van der Waals surface area (Å²) in [6, 6.07) is 4.87. The highest BCUT2D eigenvalue weighted by molar-refractivity contribution is 7.99. The number of hydrogen-bond donors (Lipinski definition) is 2. The van der Waals surface area contributed by atoms with Gasteiger partial charge in [-0.1, -0.05) is 11.8 Å². The minimum absolute atomic E-state index is 0.223. The molecular formula is C13H15N3O3S. The van der Waals surface area contributed by atoms with E-state index < -0.39 is 5.97 Å². The fraction of sp³-hybridized carbons (Fsp3) is 0.308. The number of aromatic nitrogens is 2. The van der Waals surface area contributed by atoms with Crippen molar-refractivity contribution in [1.29, 1.82) is 0 Å². The molecule has 7 heteroatoms. The molecule has 0 unspecified atom stereocenters. The molecule has 0 radical (unpaired) electrons. The summed E-state index contributed by atoms with van der Waals surface area (Å²) in [6.45, 7) is 0. The van der Waals surface area contributed by atoms with Gasteiger partial charge in [-0.3, -0.25) is 4.79 Å². The number of carboxylic acids is 1. The highest BCUT2D eigenvalue weighted by Gasteiger charge is 2.11. The molecule has 3 N–H and O–H groups in total. The zero-order valence-electron chi connectivity index (χ0n) is 11.0. The van der Waals surface area contributed by atoms with Gasteiger partial charge in [0.1, 0.15) is 0 Å². The summed E-state index contributed by atoms with van der Waals surface area (Å²) in [6.07, 6.45) is 1.06. The molecule has 0 saturated heterocycles. The monoisotopic (exact) mass is 293 g/mol. The van der Waals surface area contributed by atoms with E-state index in [1.165, 1.54) is 11.8 Å². The lowest BCUT2D eigenvalue weighted by atomic mass is 10.2. The number of carboxylic acid groups (broad SMARTS) is 1. The van der Waals surface area contributed by atoms with Gasteiger partial charge in [-0.2, -0.15) is 0 Å². The van der Waals surface area contributed by atoms with Crippen LogP contribution in [-0.4, -0.2) is 32.3 Å². The largest absolute Gasteiger partial charge is 0.478 e. The Labute approximate surface area is 120 Å². The Kier molecular flexibility index (Phi) is 4.29. The van der Waals surface area contributed by atoms with Gasteiger partial charge in [-0.15, -0.1) is 0 Å². The Morgan fingerprint density at radius 3 is 2.85 bits per heavy atom. The molecule has 1 heterocycles. The van der Waals surface area contributed by atoms with Gasteiger partial charge in [0.05, 0.1) is 16.6 Å². The number of carbonyl (C=O) groups excluding carboxylic acids is 1. The van der Waals surface area contributed by atoms with Crippen molar-refractivity contribution in [2.45, 2.75) is 18.0 Å². The maximum absolute atomic E-state index is 10.9. The topological polar surface area (TPSA) is 98.2 Å². The summed E-state index contributed by atoms with van der Waals surface area (Å²) < 4.78 is 1.91. The van der Waals surface area contributed by atoms with Crippen LogP contribution >= 0.6 is 11.8 Å². The van der Waals surface area contributed by atoms with Gasteiger partial charge in [-0.25, -0.2) is 9.78 Å². The second-order valence-corrected chi connectivity index (χ2v) is 5.44. The Balaban J connectivity index is 2.16. The fourth-order valence-electron chi connectivity index (χ4n) is 1.85. The van der Waals surface area contributed by atoms with Crippen LogP contribution < -0.4 is 5.73 Å². The number of fused-ring (bicyclic) bond motifs is 1. The summed E-state index contributed by atoms with van der Waals surface area (Å²) in [4.78, 5) is 26.0. The van der Waals surface area contributed by atoms with Crippen LogP contribution in [0, 0.1) is 0 Å². The molecule has 2 aromatic rings. The predicted octanol–water partition coefficient (Wildman–Crippen LogP) is 1.63. The molecule has 0 spiro atoms. The predicted molar refractivity (Wildman–Crippen MR) is 76.8 cm³/mol. The van der Waals surface area contributed by atoms with Gasteiger partial charge in [0.15, 0.2) is 5.16 Å². The van der Waals surface area contributed by atoms with Crippen LogP contribution in [0.25, 0.3) is 11.0 Å². The summed E-state index contributed by atoms with van der Waals surface area (Å²) in [5, 5.41) is 9.76. The average Bonchev–Trinajstić information content (AvgIpc) is 2.71. The van der Waals surface area contributed by atoms with E-state index in [0.29, 0.717) is 18.4 Å². The molecular weight excluding hydrogens is 278 g/mol. The van der Waals surface area contributed by atoms with E-state index in [2.05, 4.69) is 4.98 Å². The van der Waals surface area contributed by atoms with Crippen molar-refractivity contribution in [2.24, 2.45) is 12.8 Å². The smallest absolute Gasteiger partial charge is 0.335 e. The molecule has 1 aromatic carbocycles. The Morgan fingerprint density at radius 1 is 1.45 bits per heavy atom. The van der Waals surface area contributed by atoms with Crippen LogP contribution in [0.3, 0.4) is 0 Å². The number of rotatable bonds is 6. The first-order valence-corrected chi connectivity index (χ1v) is 7.08. The van der Waals surface area contributed by atoms with Crippen molar-refractivity contribution < 1.29 is 14.7 Å². The van der Waals surface area contributed by atoms with E-state index in [1.807, 2.05) is 11.6 Å². The van der Waals surface area contributed by atoms with Crippen LogP contribution in [0.2, 0.25) is 0 Å². The highest BCUT2D eigenvalue weighted by Crippen LogP contribution is 2.24. The van der Waals surface area contributed by atoms with Crippen molar-refractivity contribution in [3.63, 3.8) is 0 Å². The molecule has 106 valence electrons. The van der Waals surface area contributed by atoms with Crippen LogP contribution in [-0.2, 0) is 11.8 Å². The summed E-state index contributed by atoms with van der Waals surface area (Å²) in [5.41, 5.74) is 6.85. The third-order valence-corrected chi connectivity index (χ3v) is 4.00. The average molecular weight is 293 g/mol. The standard InChI is InChI=1S/C13H15N3O3S/c1-16-10-5-4-8(12(18)19)7-9(10)15-13(16)20-6-2-3-11(14)17/h4-5,7H,2-3,6H2,1H3,(H2,14,17)(H,18,19). The number of aryl methyl sites for hydroxylation is 1. The molecule has 20 heavy (non-hydrogen) atoms. The summed E-state index contributed by atoms with van der Waals surface area (Å²) >= 11 is 1.53. The molecule has 1 amide bonds. The Bertz CT molecular complexity index is 666. The van der Waals surface area contributed by atoms with Crippen molar-refractivity contribution in [2.75, 3.05) is 5.75 Å². The maximum atomic E-state index is 10.9. The van der Waals surface area contributed by atoms with Crippen molar-refractivity contribution >= 4 is 34.7 Å². The van der Waals surface area contributed by atoms with E-state index in [9.17, 15) is 9.59 Å². The van der Waals surface area contributed by atoms with Gasteiger partial charge in [0, 0.05) is 19.2 Å². The number of aromatic carboxylic acids is 1. The zero-order chi connectivity index (χ0) is 14.7. The van der Waals surface area contributed by atoms with Crippen molar-refractivity contribution in [1.82, 2.24) is 9.55 Å². The molecule has 0 atom stereocenters. The Hall–Kier alpha value is -2.02. The molecule has 0 fully saturated rings. The molecule has 0 saturated carbocycles. The fourth-order valence-corrected chi connectivity index (χ4v) is 2.78. The molecule has 0 bridgehead atoms. The first-order chi connectivity index (χ1) is 9.49. The minimum atomic E-state index is -0.965.